The number of fused-ring (bicyclic) bond motifs is 1. The molecular formula is C22H22N2O5. The van der Waals surface area contributed by atoms with Crippen LogP contribution in [0, 0.1) is 0 Å². The molecule has 2 N–H and O–H groups in total. The predicted octanol–water partition coefficient (Wildman–Crippen LogP) is 2.81. The number of oxazole rings is 1. The Morgan fingerprint density at radius 3 is 2.52 bits per heavy atom. The number of carboxylic acid groups (broad SMARTS) is 1. The quantitative estimate of drug-likeness (QED) is 0.623. The number of nitrogens with one attached hydrogen (secondary N) is 1. The summed E-state index contributed by atoms with van der Waals surface area (Å²) in [5.41, 5.74) is 1.41. The molecule has 0 unspecified atom stereocenters. The molecule has 4 rings (SSSR count). The average Bonchev–Trinajstić information content (AvgIpc) is 3.12. The molecule has 2 heterocycles. The van der Waals surface area contributed by atoms with Crippen molar-refractivity contribution in [3.63, 3.8) is 0 Å². The number of piperidine rings is 1. The summed E-state index contributed by atoms with van der Waals surface area (Å²) in [7, 11) is 0. The van der Waals surface area contributed by atoms with E-state index in [1.54, 1.807) is 18.2 Å². The first-order valence-corrected chi connectivity index (χ1v) is 9.65. The molecule has 0 saturated carbocycles. The predicted molar refractivity (Wildman–Crippen MR) is 107 cm³/mol. The summed E-state index contributed by atoms with van der Waals surface area (Å²) in [4.78, 5) is 40.5. The Morgan fingerprint density at radius 1 is 1.10 bits per heavy atom. The van der Waals surface area contributed by atoms with Crippen LogP contribution >= 0.6 is 0 Å². The van der Waals surface area contributed by atoms with Crippen LogP contribution in [0.4, 0.5) is 0 Å². The van der Waals surface area contributed by atoms with Gasteiger partial charge in [-0.1, -0.05) is 30.3 Å². The van der Waals surface area contributed by atoms with E-state index in [0.29, 0.717) is 55.6 Å². The van der Waals surface area contributed by atoms with Crippen molar-refractivity contribution in [2.75, 3.05) is 19.6 Å². The van der Waals surface area contributed by atoms with Gasteiger partial charge in [-0.25, -0.2) is 4.79 Å². The van der Waals surface area contributed by atoms with Gasteiger partial charge in [-0.3, -0.25) is 14.6 Å². The number of ketones is 1. The number of aromatic nitrogens is 1. The number of Topliss-reactive ketones (excluding diaryl/α,β-unsaturated/α-hetero) is 1. The molecule has 1 aliphatic rings. The molecule has 1 fully saturated rings. The maximum Gasteiger partial charge on any atom is 0.417 e. The minimum absolute atomic E-state index is 0.0334. The zero-order chi connectivity index (χ0) is 20.4. The normalized spacial score (nSPS) is 16.7. The highest BCUT2D eigenvalue weighted by molar-refractivity contribution is 5.98. The summed E-state index contributed by atoms with van der Waals surface area (Å²) < 4.78 is 5.01. The summed E-state index contributed by atoms with van der Waals surface area (Å²) >= 11 is 0. The van der Waals surface area contributed by atoms with Crippen molar-refractivity contribution in [2.24, 2.45) is 0 Å². The van der Waals surface area contributed by atoms with Gasteiger partial charge in [0.1, 0.15) is 0 Å². The van der Waals surface area contributed by atoms with Crippen LogP contribution in [0.25, 0.3) is 11.1 Å². The molecule has 0 spiro atoms. The second kappa shape index (κ2) is 7.67. The third-order valence-electron chi connectivity index (χ3n) is 5.84. The SMILES string of the molecule is O=C(CCN1CCC(C(=O)O)(c2ccccc2)CC1)c1ccc2[nH]c(=O)oc2c1. The number of likely N-dealkylation sites (tertiary alicyclic amines) is 1. The molecule has 3 aromatic rings. The highest BCUT2D eigenvalue weighted by atomic mass is 16.4. The first kappa shape index (κ1) is 19.1. The molecule has 7 nitrogen and oxygen atoms in total. The van der Waals surface area contributed by atoms with Crippen LogP contribution in [0.5, 0.6) is 0 Å². The van der Waals surface area contributed by atoms with Crippen LogP contribution < -0.4 is 5.76 Å². The molecule has 0 atom stereocenters. The summed E-state index contributed by atoms with van der Waals surface area (Å²) in [5.74, 6) is -1.37. The highest BCUT2D eigenvalue weighted by Gasteiger charge is 2.42. The number of carboxylic acids is 1. The van der Waals surface area contributed by atoms with Crippen LogP contribution in [0.15, 0.2) is 57.7 Å². The summed E-state index contributed by atoms with van der Waals surface area (Å²) in [6, 6.07) is 14.3. The van der Waals surface area contributed by atoms with Crippen LogP contribution in [0.2, 0.25) is 0 Å². The topological polar surface area (TPSA) is 104 Å². The molecular weight excluding hydrogens is 372 g/mol. The average molecular weight is 394 g/mol. The van der Waals surface area contributed by atoms with Crippen molar-refractivity contribution < 1.29 is 19.1 Å². The van der Waals surface area contributed by atoms with E-state index in [-0.39, 0.29) is 5.78 Å². The number of nitrogens with zero attached hydrogens (tertiary/aromatic N) is 1. The first-order chi connectivity index (χ1) is 14.0. The lowest BCUT2D eigenvalue weighted by atomic mass is 9.73. The number of carbonyl (C=O) groups excluding carboxylic acids is 1. The minimum Gasteiger partial charge on any atom is -0.481 e. The zero-order valence-electron chi connectivity index (χ0n) is 15.9. The van der Waals surface area contributed by atoms with Crippen LogP contribution in [0.1, 0.15) is 35.2 Å². The molecule has 0 bridgehead atoms. The van der Waals surface area contributed by atoms with Gasteiger partial charge in [-0.15, -0.1) is 0 Å². The maximum absolute atomic E-state index is 12.5. The van der Waals surface area contributed by atoms with Gasteiger partial charge in [0.2, 0.25) is 0 Å². The number of rotatable bonds is 6. The molecule has 2 aromatic carbocycles. The van der Waals surface area contributed by atoms with Crippen LogP contribution in [-0.4, -0.2) is 46.4 Å². The summed E-state index contributed by atoms with van der Waals surface area (Å²) in [6.07, 6.45) is 1.35. The van der Waals surface area contributed by atoms with Crippen molar-refractivity contribution in [2.45, 2.75) is 24.7 Å². The highest BCUT2D eigenvalue weighted by Crippen LogP contribution is 2.36. The Bertz CT molecular complexity index is 1090. The van der Waals surface area contributed by atoms with Gasteiger partial charge in [0, 0.05) is 18.5 Å². The minimum atomic E-state index is -0.862. The van der Waals surface area contributed by atoms with E-state index in [4.69, 9.17) is 4.42 Å². The Labute approximate surface area is 167 Å². The molecule has 7 heteroatoms. The standard InChI is InChI=1S/C22H22N2O5/c25-18(15-6-7-17-19(14-15)29-21(28)23-17)8-11-24-12-9-22(10-13-24,20(26)27)16-4-2-1-3-5-16/h1-7,14H,8-13H2,(H,23,28)(H,26,27). The fourth-order valence-corrected chi connectivity index (χ4v) is 4.06. The van der Waals surface area contributed by atoms with Crippen LogP contribution in [-0.2, 0) is 10.2 Å². The Kier molecular flexibility index (Phi) is 5.07. The summed E-state index contributed by atoms with van der Waals surface area (Å²) in [6.45, 7) is 1.82. The molecule has 29 heavy (non-hydrogen) atoms. The smallest absolute Gasteiger partial charge is 0.417 e. The third kappa shape index (κ3) is 3.73. The van der Waals surface area contributed by atoms with E-state index in [1.165, 1.54) is 0 Å². The van der Waals surface area contributed by atoms with E-state index < -0.39 is 17.1 Å². The number of hydrogen-bond acceptors (Lipinski definition) is 5. The second-order valence-electron chi connectivity index (χ2n) is 7.49. The molecule has 0 radical (unpaired) electrons. The molecule has 150 valence electrons. The number of benzene rings is 2. The second-order valence-corrected chi connectivity index (χ2v) is 7.49. The third-order valence-corrected chi connectivity index (χ3v) is 5.84. The molecule has 1 aromatic heterocycles. The van der Waals surface area contributed by atoms with E-state index >= 15 is 0 Å². The lowest BCUT2D eigenvalue weighted by molar-refractivity contribution is -0.146. The fraction of sp³-hybridized carbons (Fsp3) is 0.318. The van der Waals surface area contributed by atoms with Gasteiger partial charge in [-0.2, -0.15) is 0 Å². The van der Waals surface area contributed by atoms with Crippen molar-refractivity contribution in [1.82, 2.24) is 9.88 Å². The monoisotopic (exact) mass is 394 g/mol. The molecule has 1 saturated heterocycles. The lowest BCUT2D eigenvalue weighted by Crippen LogP contribution is -2.47. The van der Waals surface area contributed by atoms with Gasteiger partial charge in [-0.05, 0) is 49.7 Å². The van der Waals surface area contributed by atoms with Gasteiger partial charge < -0.3 is 14.4 Å². The van der Waals surface area contributed by atoms with Gasteiger partial charge in [0.15, 0.2) is 11.4 Å². The first-order valence-electron chi connectivity index (χ1n) is 9.65. The van der Waals surface area contributed by atoms with Crippen molar-refractivity contribution in [1.29, 1.82) is 0 Å². The number of H-pyrrole nitrogens is 1. The Hall–Kier alpha value is -3.19. The molecule has 1 aliphatic heterocycles. The van der Waals surface area contributed by atoms with Gasteiger partial charge in [0.05, 0.1) is 10.9 Å². The van der Waals surface area contributed by atoms with E-state index in [2.05, 4.69) is 9.88 Å². The van der Waals surface area contributed by atoms with Crippen LogP contribution in [0.3, 0.4) is 0 Å². The van der Waals surface area contributed by atoms with E-state index in [9.17, 15) is 19.5 Å². The Balaban J connectivity index is 1.38. The van der Waals surface area contributed by atoms with Crippen molar-refractivity contribution >= 4 is 22.9 Å². The van der Waals surface area contributed by atoms with E-state index in [0.717, 1.165) is 5.56 Å². The van der Waals surface area contributed by atoms with Gasteiger partial charge >= 0.3 is 11.7 Å². The van der Waals surface area contributed by atoms with Gasteiger partial charge in [0.25, 0.3) is 0 Å². The summed E-state index contributed by atoms with van der Waals surface area (Å²) in [5, 5.41) is 9.88. The molecule has 0 aliphatic carbocycles. The Morgan fingerprint density at radius 2 is 1.83 bits per heavy atom. The van der Waals surface area contributed by atoms with Crippen molar-refractivity contribution in [3.05, 3.63) is 70.2 Å². The lowest BCUT2D eigenvalue weighted by Gasteiger charge is -2.39. The van der Waals surface area contributed by atoms with Crippen molar-refractivity contribution in [3.8, 4) is 0 Å². The number of hydrogen-bond donors (Lipinski definition) is 2. The number of aromatic amines is 1. The molecule has 0 amide bonds. The maximum atomic E-state index is 12.5. The largest absolute Gasteiger partial charge is 0.481 e. The zero-order valence-corrected chi connectivity index (χ0v) is 15.9. The fourth-order valence-electron chi connectivity index (χ4n) is 4.06. The number of carbonyl (C=O) groups is 2. The number of aliphatic carboxylic acids is 1. The van der Waals surface area contributed by atoms with E-state index in [1.807, 2.05) is 30.3 Å².